The largest absolute Gasteiger partial charge is 0.497 e. The van der Waals surface area contributed by atoms with Gasteiger partial charge in [0.25, 0.3) is 0 Å². The fourth-order valence-electron chi connectivity index (χ4n) is 3.36. The third kappa shape index (κ3) is 2.94. The van der Waals surface area contributed by atoms with Crippen LogP contribution in [0.2, 0.25) is 0 Å². The normalized spacial score (nSPS) is 26.9. The van der Waals surface area contributed by atoms with Gasteiger partial charge < -0.3 is 10.1 Å². The lowest BCUT2D eigenvalue weighted by Gasteiger charge is -2.36. The molecule has 0 aliphatic heterocycles. The zero-order valence-corrected chi connectivity index (χ0v) is 12.7. The van der Waals surface area contributed by atoms with Crippen LogP contribution in [0.15, 0.2) is 24.3 Å². The number of nitrogens with one attached hydrogen (secondary N) is 1. The maximum Gasteiger partial charge on any atom is 0.119 e. The minimum absolute atomic E-state index is 0.277. The van der Waals surface area contributed by atoms with E-state index < -0.39 is 0 Å². The van der Waals surface area contributed by atoms with E-state index in [1.54, 1.807) is 7.11 Å². The number of hydrogen-bond donors (Lipinski definition) is 1. The Bertz CT molecular complexity index is 415. The van der Waals surface area contributed by atoms with Crippen LogP contribution in [0.5, 0.6) is 5.75 Å². The molecule has 2 rings (SSSR count). The second kappa shape index (κ2) is 5.96. The van der Waals surface area contributed by atoms with Crippen LogP contribution in [0.3, 0.4) is 0 Å². The molecule has 0 radical (unpaired) electrons. The summed E-state index contributed by atoms with van der Waals surface area (Å²) < 4.78 is 5.40. The molecular weight excluding hydrogens is 234 g/mol. The molecule has 2 nitrogen and oxygen atoms in total. The second-order valence-corrected chi connectivity index (χ2v) is 6.22. The summed E-state index contributed by atoms with van der Waals surface area (Å²) in [5, 5.41) is 3.65. The first-order valence-electron chi connectivity index (χ1n) is 7.46. The second-order valence-electron chi connectivity index (χ2n) is 6.22. The Morgan fingerprint density at radius 3 is 2.79 bits per heavy atom. The first-order chi connectivity index (χ1) is 9.08. The first kappa shape index (κ1) is 14.4. The van der Waals surface area contributed by atoms with E-state index in [4.69, 9.17) is 4.74 Å². The standard InChI is InChI=1S/C17H27NO/c1-13(2)18-12-17(10-6-7-14(17)3)15-8-5-9-16(11-15)19-4/h5,8-9,11,13-14,18H,6-7,10,12H2,1-4H3. The van der Waals surface area contributed by atoms with Gasteiger partial charge in [0.15, 0.2) is 0 Å². The molecule has 0 bridgehead atoms. The summed E-state index contributed by atoms with van der Waals surface area (Å²) in [5.74, 6) is 1.70. The van der Waals surface area contributed by atoms with Crippen molar-refractivity contribution in [3.05, 3.63) is 29.8 Å². The van der Waals surface area contributed by atoms with Gasteiger partial charge in [0.2, 0.25) is 0 Å². The summed E-state index contributed by atoms with van der Waals surface area (Å²) in [6.07, 6.45) is 3.94. The molecule has 0 amide bonds. The quantitative estimate of drug-likeness (QED) is 0.871. The molecular formula is C17H27NO. The monoisotopic (exact) mass is 261 g/mol. The molecule has 2 unspecified atom stereocenters. The highest BCUT2D eigenvalue weighted by molar-refractivity contribution is 5.35. The van der Waals surface area contributed by atoms with Gasteiger partial charge in [-0.1, -0.05) is 39.3 Å². The predicted octanol–water partition coefficient (Wildman–Crippen LogP) is 3.75. The van der Waals surface area contributed by atoms with Crippen LogP contribution in [0.4, 0.5) is 0 Å². The SMILES string of the molecule is COc1cccc(C2(CNC(C)C)CCCC2C)c1. The van der Waals surface area contributed by atoms with Crippen LogP contribution < -0.4 is 10.1 Å². The zero-order chi connectivity index (χ0) is 13.9. The van der Waals surface area contributed by atoms with E-state index in [2.05, 4.69) is 44.3 Å². The van der Waals surface area contributed by atoms with Crippen molar-refractivity contribution in [3.8, 4) is 5.75 Å². The number of benzene rings is 1. The van der Waals surface area contributed by atoms with Gasteiger partial charge in [-0.15, -0.1) is 0 Å². The van der Waals surface area contributed by atoms with Crippen LogP contribution >= 0.6 is 0 Å². The molecule has 1 aliphatic carbocycles. The van der Waals surface area contributed by atoms with Gasteiger partial charge in [-0.05, 0) is 36.5 Å². The molecule has 1 aromatic carbocycles. The predicted molar refractivity (Wildman–Crippen MR) is 80.8 cm³/mol. The average Bonchev–Trinajstić information content (AvgIpc) is 2.79. The first-order valence-corrected chi connectivity index (χ1v) is 7.46. The third-order valence-corrected chi connectivity index (χ3v) is 4.67. The third-order valence-electron chi connectivity index (χ3n) is 4.67. The Balaban J connectivity index is 2.31. The van der Waals surface area contributed by atoms with E-state index in [0.29, 0.717) is 6.04 Å². The van der Waals surface area contributed by atoms with E-state index in [0.717, 1.165) is 18.2 Å². The molecule has 1 fully saturated rings. The van der Waals surface area contributed by atoms with Gasteiger partial charge >= 0.3 is 0 Å². The van der Waals surface area contributed by atoms with Crippen molar-refractivity contribution < 1.29 is 4.74 Å². The fraction of sp³-hybridized carbons (Fsp3) is 0.647. The van der Waals surface area contributed by atoms with Crippen LogP contribution in [-0.2, 0) is 5.41 Å². The molecule has 19 heavy (non-hydrogen) atoms. The molecule has 1 aliphatic rings. The van der Waals surface area contributed by atoms with Crippen molar-refractivity contribution >= 4 is 0 Å². The van der Waals surface area contributed by atoms with Crippen molar-refractivity contribution in [1.29, 1.82) is 0 Å². The molecule has 0 spiro atoms. The Labute approximate surface area is 117 Å². The van der Waals surface area contributed by atoms with Crippen molar-refractivity contribution in [2.24, 2.45) is 5.92 Å². The van der Waals surface area contributed by atoms with Crippen LogP contribution in [0.25, 0.3) is 0 Å². The maximum absolute atomic E-state index is 5.40. The average molecular weight is 261 g/mol. The molecule has 1 saturated carbocycles. The minimum Gasteiger partial charge on any atom is -0.497 e. The van der Waals surface area contributed by atoms with Gasteiger partial charge in [-0.25, -0.2) is 0 Å². The van der Waals surface area contributed by atoms with Crippen LogP contribution in [-0.4, -0.2) is 19.7 Å². The molecule has 2 atom stereocenters. The molecule has 1 N–H and O–H groups in total. The Morgan fingerprint density at radius 1 is 1.42 bits per heavy atom. The summed E-state index contributed by atoms with van der Waals surface area (Å²) in [4.78, 5) is 0. The highest BCUT2D eigenvalue weighted by Crippen LogP contribution is 2.45. The molecule has 0 aromatic heterocycles. The highest BCUT2D eigenvalue weighted by Gasteiger charge is 2.41. The summed E-state index contributed by atoms with van der Waals surface area (Å²) >= 11 is 0. The zero-order valence-electron chi connectivity index (χ0n) is 12.7. The van der Waals surface area contributed by atoms with Gasteiger partial charge in [-0.2, -0.15) is 0 Å². The highest BCUT2D eigenvalue weighted by atomic mass is 16.5. The molecule has 1 aromatic rings. The van der Waals surface area contributed by atoms with Gasteiger partial charge in [0.1, 0.15) is 5.75 Å². The molecule has 106 valence electrons. The summed E-state index contributed by atoms with van der Waals surface area (Å²) in [7, 11) is 1.75. The Hall–Kier alpha value is -1.02. The summed E-state index contributed by atoms with van der Waals surface area (Å²) in [5.41, 5.74) is 1.71. The van der Waals surface area contributed by atoms with E-state index in [-0.39, 0.29) is 5.41 Å². The summed E-state index contributed by atoms with van der Waals surface area (Å²) in [6.45, 7) is 7.91. The van der Waals surface area contributed by atoms with E-state index in [9.17, 15) is 0 Å². The van der Waals surface area contributed by atoms with Crippen molar-refractivity contribution in [3.63, 3.8) is 0 Å². The number of methoxy groups -OCH3 is 1. The van der Waals surface area contributed by atoms with Crippen molar-refractivity contribution in [1.82, 2.24) is 5.32 Å². The number of hydrogen-bond acceptors (Lipinski definition) is 2. The smallest absolute Gasteiger partial charge is 0.119 e. The number of ether oxygens (including phenoxy) is 1. The van der Waals surface area contributed by atoms with Crippen LogP contribution in [0, 0.1) is 5.92 Å². The Morgan fingerprint density at radius 2 is 2.21 bits per heavy atom. The molecule has 0 saturated heterocycles. The van der Waals surface area contributed by atoms with Gasteiger partial charge in [0, 0.05) is 18.0 Å². The van der Waals surface area contributed by atoms with Gasteiger partial charge in [-0.3, -0.25) is 0 Å². The van der Waals surface area contributed by atoms with E-state index >= 15 is 0 Å². The maximum atomic E-state index is 5.40. The Kier molecular flexibility index (Phi) is 4.51. The lowest BCUT2D eigenvalue weighted by Crippen LogP contribution is -2.42. The topological polar surface area (TPSA) is 21.3 Å². The van der Waals surface area contributed by atoms with Crippen LogP contribution in [0.1, 0.15) is 45.6 Å². The molecule has 2 heteroatoms. The lowest BCUT2D eigenvalue weighted by molar-refractivity contribution is 0.306. The fourth-order valence-corrected chi connectivity index (χ4v) is 3.36. The van der Waals surface area contributed by atoms with Crippen molar-refractivity contribution in [2.75, 3.05) is 13.7 Å². The van der Waals surface area contributed by atoms with E-state index in [1.807, 2.05) is 6.07 Å². The minimum atomic E-state index is 0.277. The lowest BCUT2D eigenvalue weighted by atomic mass is 9.72. The summed E-state index contributed by atoms with van der Waals surface area (Å²) in [6, 6.07) is 9.19. The van der Waals surface area contributed by atoms with Gasteiger partial charge in [0.05, 0.1) is 7.11 Å². The van der Waals surface area contributed by atoms with E-state index in [1.165, 1.54) is 24.8 Å². The number of rotatable bonds is 5. The van der Waals surface area contributed by atoms with Crippen molar-refractivity contribution in [2.45, 2.75) is 51.5 Å². The molecule has 0 heterocycles.